The summed E-state index contributed by atoms with van der Waals surface area (Å²) in [5.74, 6) is 1.15. The van der Waals surface area contributed by atoms with Gasteiger partial charge in [-0.1, -0.05) is 45.0 Å². The molecule has 0 amide bonds. The van der Waals surface area contributed by atoms with E-state index in [1.54, 1.807) is 6.92 Å². The molecule has 0 spiro atoms. The number of benzene rings is 1. The van der Waals surface area contributed by atoms with Crippen LogP contribution in [0.2, 0.25) is 18.1 Å². The van der Waals surface area contributed by atoms with Crippen molar-refractivity contribution in [2.45, 2.75) is 52.2 Å². The van der Waals surface area contributed by atoms with E-state index in [-0.39, 0.29) is 31.2 Å². The van der Waals surface area contributed by atoms with E-state index in [4.69, 9.17) is 4.43 Å². The van der Waals surface area contributed by atoms with E-state index in [0.29, 0.717) is 0 Å². The second-order valence-electron chi connectivity index (χ2n) is 6.35. The van der Waals surface area contributed by atoms with Gasteiger partial charge in [0.25, 0.3) is 0 Å². The minimum atomic E-state index is -1.68. The molecular weight excluding hydrogens is 339 g/mol. The summed E-state index contributed by atoms with van der Waals surface area (Å²) in [7, 11) is -1.68. The van der Waals surface area contributed by atoms with Crippen LogP contribution >= 0.6 is 0 Å². The topological polar surface area (TPSA) is 9.23 Å². The molecule has 1 aromatic carbocycles. The van der Waals surface area contributed by atoms with Gasteiger partial charge >= 0.3 is 0 Å². The summed E-state index contributed by atoms with van der Waals surface area (Å²) < 4.78 is 6.35. The van der Waals surface area contributed by atoms with Crippen molar-refractivity contribution in [3.05, 3.63) is 48.1 Å². The maximum absolute atomic E-state index is 6.35. The molecule has 110 valence electrons. The minimum Gasteiger partial charge on any atom is -0.546 e. The van der Waals surface area contributed by atoms with Crippen molar-refractivity contribution in [1.29, 1.82) is 0 Å². The first-order valence-electron chi connectivity index (χ1n) is 6.98. The van der Waals surface area contributed by atoms with Crippen molar-refractivity contribution < 1.29 is 30.6 Å². The van der Waals surface area contributed by atoms with Crippen LogP contribution < -0.4 is 0 Å². The Hall–Kier alpha value is -0.140. The number of rotatable bonds is 2. The summed E-state index contributed by atoms with van der Waals surface area (Å²) in [6.07, 6.45) is 3.17. The minimum absolute atomic E-state index is 0. The van der Waals surface area contributed by atoms with Crippen molar-refractivity contribution in [3.8, 4) is 0 Å². The molecule has 0 heterocycles. The van der Waals surface area contributed by atoms with E-state index in [0.717, 1.165) is 12.2 Å². The fourth-order valence-corrected chi connectivity index (χ4v) is 2.89. The molecule has 0 aliphatic heterocycles. The second kappa shape index (κ2) is 7.75. The van der Waals surface area contributed by atoms with Crippen LogP contribution in [0.25, 0.3) is 6.08 Å². The third-order valence-electron chi connectivity index (χ3n) is 3.93. The predicted octanol–water partition coefficient (Wildman–Crippen LogP) is 5.44. The standard InChI is InChI=1S/C15H22OSi.C2H5.Zr/c1-15(2,3)17(4,5)16-14-10-12-8-6-7-9-13(12)11-14;1-2;/h6-10H,11H2,1-5H3;1H2,2H3;/q;-1;. The zero-order valence-corrected chi connectivity index (χ0v) is 17.2. The summed E-state index contributed by atoms with van der Waals surface area (Å²) in [4.78, 5) is 0. The van der Waals surface area contributed by atoms with Crippen LogP contribution in [0.5, 0.6) is 0 Å². The number of allylic oxidation sites excluding steroid dienone is 1. The molecule has 0 fully saturated rings. The Bertz CT molecular complexity index is 458. The van der Waals surface area contributed by atoms with Crippen molar-refractivity contribution in [1.82, 2.24) is 0 Å². The van der Waals surface area contributed by atoms with E-state index in [9.17, 15) is 0 Å². The van der Waals surface area contributed by atoms with Gasteiger partial charge in [0, 0.05) is 32.6 Å². The molecule has 0 unspecified atom stereocenters. The quantitative estimate of drug-likeness (QED) is 0.500. The molecule has 0 saturated carbocycles. The average Bonchev–Trinajstić information content (AvgIpc) is 2.71. The van der Waals surface area contributed by atoms with Gasteiger partial charge in [0.05, 0.1) is 5.76 Å². The van der Waals surface area contributed by atoms with Crippen LogP contribution in [0, 0.1) is 6.92 Å². The van der Waals surface area contributed by atoms with Gasteiger partial charge in [0.15, 0.2) is 0 Å². The molecule has 2 rings (SSSR count). The SMILES string of the molecule is CC(C)(C)[Si](C)(C)OC1=Cc2ccccc2C1.[CH2-]C.[Zr]. The van der Waals surface area contributed by atoms with E-state index >= 15 is 0 Å². The monoisotopic (exact) mass is 365 g/mol. The van der Waals surface area contributed by atoms with Crippen LogP contribution in [-0.2, 0) is 37.1 Å². The normalized spacial score (nSPS) is 13.4. The van der Waals surface area contributed by atoms with Crippen LogP contribution in [0.15, 0.2) is 30.0 Å². The predicted molar refractivity (Wildman–Crippen MR) is 87.4 cm³/mol. The fourth-order valence-electron chi connectivity index (χ4n) is 1.79. The summed E-state index contributed by atoms with van der Waals surface area (Å²) in [6.45, 7) is 16.4. The third kappa shape index (κ3) is 4.70. The van der Waals surface area contributed by atoms with Crippen molar-refractivity contribution in [3.63, 3.8) is 0 Å². The smallest absolute Gasteiger partial charge is 0.250 e. The largest absolute Gasteiger partial charge is 0.546 e. The molecule has 1 aliphatic rings. The molecule has 1 aliphatic carbocycles. The van der Waals surface area contributed by atoms with Gasteiger partial charge in [-0.25, -0.2) is 0 Å². The van der Waals surface area contributed by atoms with Crippen molar-refractivity contribution >= 4 is 14.4 Å². The van der Waals surface area contributed by atoms with E-state index in [1.165, 1.54) is 11.1 Å². The first-order valence-corrected chi connectivity index (χ1v) is 9.89. The molecule has 0 atom stereocenters. The average molecular weight is 367 g/mol. The zero-order valence-electron chi connectivity index (χ0n) is 13.7. The van der Waals surface area contributed by atoms with Gasteiger partial charge in [-0.2, -0.15) is 6.92 Å². The van der Waals surface area contributed by atoms with Crippen LogP contribution in [-0.4, -0.2) is 8.32 Å². The molecule has 3 heteroatoms. The zero-order chi connectivity index (χ0) is 14.7. The maximum atomic E-state index is 6.35. The van der Waals surface area contributed by atoms with Gasteiger partial charge < -0.3 is 11.3 Å². The number of hydrogen-bond acceptors (Lipinski definition) is 1. The van der Waals surface area contributed by atoms with Crippen molar-refractivity contribution in [2.24, 2.45) is 0 Å². The van der Waals surface area contributed by atoms with Gasteiger partial charge in [0.2, 0.25) is 8.32 Å². The van der Waals surface area contributed by atoms with E-state index < -0.39 is 8.32 Å². The number of hydrogen-bond donors (Lipinski definition) is 0. The second-order valence-corrected chi connectivity index (χ2v) is 11.1. The molecule has 0 saturated heterocycles. The Morgan fingerprint density at radius 3 is 2.15 bits per heavy atom. The first-order chi connectivity index (χ1) is 8.79. The summed E-state index contributed by atoms with van der Waals surface area (Å²) >= 11 is 0. The third-order valence-corrected chi connectivity index (χ3v) is 8.31. The summed E-state index contributed by atoms with van der Waals surface area (Å²) in [5.41, 5.74) is 2.71. The molecule has 0 radical (unpaired) electrons. The Balaban J connectivity index is 0.00000115. The Morgan fingerprint density at radius 2 is 1.65 bits per heavy atom. The summed E-state index contributed by atoms with van der Waals surface area (Å²) in [6, 6.07) is 8.54. The molecule has 0 N–H and O–H groups in total. The molecule has 1 nitrogen and oxygen atoms in total. The Kier molecular flexibility index (Phi) is 7.70. The van der Waals surface area contributed by atoms with Gasteiger partial charge in [-0.3, -0.25) is 0 Å². The van der Waals surface area contributed by atoms with Crippen LogP contribution in [0.3, 0.4) is 0 Å². The molecule has 20 heavy (non-hydrogen) atoms. The van der Waals surface area contributed by atoms with Crippen LogP contribution in [0.1, 0.15) is 38.8 Å². The molecule has 0 bridgehead atoms. The Labute approximate surface area is 145 Å². The molecule has 0 aromatic heterocycles. The maximum Gasteiger partial charge on any atom is 0.250 e. The molecule has 1 aromatic rings. The number of fused-ring (bicyclic) bond motifs is 1. The van der Waals surface area contributed by atoms with Crippen LogP contribution in [0.4, 0.5) is 0 Å². The first kappa shape index (κ1) is 19.9. The van der Waals surface area contributed by atoms with Crippen molar-refractivity contribution in [2.75, 3.05) is 0 Å². The fraction of sp³-hybridized carbons (Fsp3) is 0.471. The Morgan fingerprint density at radius 1 is 1.10 bits per heavy atom. The van der Waals surface area contributed by atoms with E-state index in [1.807, 2.05) is 0 Å². The van der Waals surface area contributed by atoms with E-state index in [2.05, 4.69) is 71.1 Å². The molecular formula is C17H27OSiZr-. The van der Waals surface area contributed by atoms with Gasteiger partial charge in [0.1, 0.15) is 0 Å². The van der Waals surface area contributed by atoms with Gasteiger partial charge in [-0.15, -0.1) is 0 Å². The van der Waals surface area contributed by atoms with Gasteiger partial charge in [-0.05, 0) is 35.3 Å². The summed E-state index contributed by atoms with van der Waals surface area (Å²) in [5, 5.41) is 0.266.